The Bertz CT molecular complexity index is 522. The maximum atomic E-state index is 12.4. The van der Waals surface area contributed by atoms with Crippen molar-refractivity contribution in [3.8, 4) is 0 Å². The average molecular weight is 320 g/mol. The van der Waals surface area contributed by atoms with Crippen molar-refractivity contribution in [1.29, 1.82) is 0 Å². The van der Waals surface area contributed by atoms with Gasteiger partial charge in [0.15, 0.2) is 8.32 Å². The smallest absolute Gasteiger partial charge is 0.225 e. The quantitative estimate of drug-likeness (QED) is 0.779. The largest absolute Gasteiger partial charge is 0.411 e. The first-order valence-corrected chi connectivity index (χ1v) is 11.0. The predicted molar refractivity (Wildman–Crippen MR) is 93.1 cm³/mol. The molecule has 0 spiro atoms. The molecular weight excluding hydrogens is 290 g/mol. The third kappa shape index (κ3) is 3.61. The van der Waals surface area contributed by atoms with Crippen molar-refractivity contribution in [1.82, 2.24) is 4.90 Å². The van der Waals surface area contributed by atoms with Gasteiger partial charge in [-0.05, 0) is 30.6 Å². The molecule has 1 aliphatic heterocycles. The Balaban J connectivity index is 2.07. The zero-order valence-corrected chi connectivity index (χ0v) is 15.7. The van der Waals surface area contributed by atoms with Gasteiger partial charge in [0.05, 0.1) is 18.6 Å². The van der Waals surface area contributed by atoms with E-state index in [-0.39, 0.29) is 23.1 Å². The van der Waals surface area contributed by atoms with Crippen molar-refractivity contribution in [2.75, 3.05) is 0 Å². The Morgan fingerprint density at radius 2 is 1.82 bits per heavy atom. The molecular formula is C18H29NO2Si. The molecule has 1 amide bonds. The van der Waals surface area contributed by atoms with Crippen LogP contribution in [0.5, 0.6) is 0 Å². The van der Waals surface area contributed by atoms with Crippen LogP contribution in [0.4, 0.5) is 0 Å². The van der Waals surface area contributed by atoms with Gasteiger partial charge in [-0.1, -0.05) is 51.1 Å². The van der Waals surface area contributed by atoms with Crippen molar-refractivity contribution in [3.63, 3.8) is 0 Å². The van der Waals surface area contributed by atoms with Crippen LogP contribution in [0.25, 0.3) is 0 Å². The van der Waals surface area contributed by atoms with Gasteiger partial charge >= 0.3 is 0 Å². The molecule has 2 atom stereocenters. The number of benzene rings is 1. The zero-order chi connectivity index (χ0) is 16.5. The van der Waals surface area contributed by atoms with E-state index in [1.165, 1.54) is 5.56 Å². The maximum Gasteiger partial charge on any atom is 0.225 e. The third-order valence-corrected chi connectivity index (χ3v) is 9.68. The summed E-state index contributed by atoms with van der Waals surface area (Å²) in [6, 6.07) is 10.3. The summed E-state index contributed by atoms with van der Waals surface area (Å²) in [5.41, 5.74) is 1.18. The second-order valence-corrected chi connectivity index (χ2v) is 12.6. The van der Waals surface area contributed by atoms with Gasteiger partial charge in [-0.15, -0.1) is 0 Å². The lowest BCUT2D eigenvalue weighted by molar-refractivity contribution is -0.129. The summed E-state index contributed by atoms with van der Waals surface area (Å²) in [5, 5.41) is 0.169. The number of nitrogens with zero attached hydrogens (tertiary/aromatic N) is 1. The molecule has 0 radical (unpaired) electrons. The van der Waals surface area contributed by atoms with E-state index in [1.54, 1.807) is 0 Å². The van der Waals surface area contributed by atoms with Gasteiger partial charge in [0.25, 0.3) is 0 Å². The molecule has 0 aliphatic carbocycles. The van der Waals surface area contributed by atoms with Gasteiger partial charge in [-0.3, -0.25) is 4.79 Å². The molecule has 3 nitrogen and oxygen atoms in total. The Kier molecular flexibility index (Phi) is 4.83. The standard InChI is InChI=1S/C18H29NO2Si/c1-14-16(21-22(5,6)18(2,3)4)12-17(20)19(14)13-15-10-8-7-9-11-15/h7-11,14,16H,12-13H2,1-6H3/t14?,16-/m0/s1. The van der Waals surface area contributed by atoms with Crippen LogP contribution in [0.2, 0.25) is 18.1 Å². The van der Waals surface area contributed by atoms with Crippen LogP contribution in [0.1, 0.15) is 39.7 Å². The number of amides is 1. The van der Waals surface area contributed by atoms with Crippen molar-refractivity contribution >= 4 is 14.2 Å². The molecule has 22 heavy (non-hydrogen) atoms. The Labute approximate surface area is 135 Å². The Morgan fingerprint density at radius 3 is 2.36 bits per heavy atom. The van der Waals surface area contributed by atoms with Crippen LogP contribution in [0, 0.1) is 0 Å². The van der Waals surface area contributed by atoms with E-state index in [9.17, 15) is 4.79 Å². The molecule has 0 N–H and O–H groups in total. The van der Waals surface area contributed by atoms with Gasteiger partial charge in [-0.2, -0.15) is 0 Å². The van der Waals surface area contributed by atoms with Gasteiger partial charge in [-0.25, -0.2) is 0 Å². The first-order chi connectivity index (χ1) is 10.1. The summed E-state index contributed by atoms with van der Waals surface area (Å²) >= 11 is 0. The van der Waals surface area contributed by atoms with Crippen molar-refractivity contribution < 1.29 is 9.22 Å². The fourth-order valence-electron chi connectivity index (χ4n) is 2.60. The van der Waals surface area contributed by atoms with Crippen LogP contribution in [-0.2, 0) is 15.8 Å². The molecule has 1 unspecified atom stereocenters. The summed E-state index contributed by atoms with van der Waals surface area (Å²) in [6.45, 7) is 14.0. The molecule has 0 bridgehead atoms. The molecule has 1 saturated heterocycles. The lowest BCUT2D eigenvalue weighted by atomic mass is 10.2. The maximum absolute atomic E-state index is 12.4. The predicted octanol–water partition coefficient (Wildman–Crippen LogP) is 4.20. The van der Waals surface area contributed by atoms with Crippen LogP contribution in [0.15, 0.2) is 30.3 Å². The average Bonchev–Trinajstić information content (AvgIpc) is 2.66. The highest BCUT2D eigenvalue weighted by molar-refractivity contribution is 6.74. The highest BCUT2D eigenvalue weighted by Gasteiger charge is 2.45. The first kappa shape index (κ1) is 17.2. The lowest BCUT2D eigenvalue weighted by Crippen LogP contribution is -2.46. The van der Waals surface area contributed by atoms with Crippen molar-refractivity contribution in [2.24, 2.45) is 0 Å². The highest BCUT2D eigenvalue weighted by Crippen LogP contribution is 2.39. The SMILES string of the molecule is CC1[C@@H](O[Si](C)(C)C(C)(C)C)CC(=O)N1Cc1ccccc1. The number of carbonyl (C=O) groups excluding carboxylic acids is 1. The number of likely N-dealkylation sites (tertiary alicyclic amines) is 1. The highest BCUT2D eigenvalue weighted by atomic mass is 28.4. The molecule has 0 saturated carbocycles. The van der Waals surface area contributed by atoms with E-state index >= 15 is 0 Å². The molecule has 1 fully saturated rings. The van der Waals surface area contributed by atoms with E-state index in [2.05, 4.69) is 52.9 Å². The third-order valence-electron chi connectivity index (χ3n) is 5.17. The molecule has 1 aromatic rings. The van der Waals surface area contributed by atoms with Crippen LogP contribution in [-0.4, -0.2) is 31.3 Å². The summed E-state index contributed by atoms with van der Waals surface area (Å²) < 4.78 is 6.49. The molecule has 4 heteroatoms. The second kappa shape index (κ2) is 6.17. The number of hydrogen-bond acceptors (Lipinski definition) is 2. The lowest BCUT2D eigenvalue weighted by Gasteiger charge is -2.39. The van der Waals surface area contributed by atoms with Gasteiger partial charge in [0.2, 0.25) is 5.91 Å². The summed E-state index contributed by atoms with van der Waals surface area (Å²) in [4.78, 5) is 14.4. The van der Waals surface area contributed by atoms with Gasteiger partial charge < -0.3 is 9.33 Å². The van der Waals surface area contributed by atoms with Crippen molar-refractivity contribution in [3.05, 3.63) is 35.9 Å². The monoisotopic (exact) mass is 319 g/mol. The van der Waals surface area contributed by atoms with E-state index in [0.29, 0.717) is 13.0 Å². The van der Waals surface area contributed by atoms with Crippen molar-refractivity contribution in [2.45, 2.75) is 70.9 Å². The number of carbonyl (C=O) groups is 1. The van der Waals surface area contributed by atoms with Gasteiger partial charge in [0.1, 0.15) is 0 Å². The fourth-order valence-corrected chi connectivity index (χ4v) is 3.99. The minimum absolute atomic E-state index is 0.0251. The molecule has 0 aromatic heterocycles. The topological polar surface area (TPSA) is 29.5 Å². The van der Waals surface area contributed by atoms with Crippen LogP contribution < -0.4 is 0 Å². The zero-order valence-electron chi connectivity index (χ0n) is 14.7. The summed E-state index contributed by atoms with van der Waals surface area (Å²) in [7, 11) is -1.84. The fraction of sp³-hybridized carbons (Fsp3) is 0.611. The van der Waals surface area contributed by atoms with E-state index in [1.807, 2.05) is 23.1 Å². The Hall–Kier alpha value is -1.13. The first-order valence-electron chi connectivity index (χ1n) is 8.13. The minimum atomic E-state index is -1.84. The minimum Gasteiger partial charge on any atom is -0.411 e. The van der Waals surface area contributed by atoms with Gasteiger partial charge in [0, 0.05) is 6.54 Å². The normalized spacial score (nSPS) is 23.2. The van der Waals surface area contributed by atoms with Crippen LogP contribution in [0.3, 0.4) is 0 Å². The number of hydrogen-bond donors (Lipinski definition) is 0. The molecule has 1 aliphatic rings. The number of rotatable bonds is 4. The Morgan fingerprint density at radius 1 is 1.23 bits per heavy atom. The molecule has 1 heterocycles. The van der Waals surface area contributed by atoms with E-state index < -0.39 is 8.32 Å². The molecule has 122 valence electrons. The van der Waals surface area contributed by atoms with E-state index in [4.69, 9.17) is 4.43 Å². The van der Waals surface area contributed by atoms with E-state index in [0.717, 1.165) is 0 Å². The summed E-state index contributed by atoms with van der Waals surface area (Å²) in [5.74, 6) is 0.208. The van der Waals surface area contributed by atoms with Crippen LogP contribution >= 0.6 is 0 Å². The molecule has 2 rings (SSSR count). The summed E-state index contributed by atoms with van der Waals surface area (Å²) in [6.07, 6.45) is 0.539. The molecule has 1 aromatic carbocycles. The second-order valence-electron chi connectivity index (χ2n) is 7.87.